The second-order valence-electron chi connectivity index (χ2n) is 10.4. The molecule has 0 atom stereocenters. The fraction of sp³-hybridized carbons (Fsp3) is 0.731. The minimum Gasteiger partial charge on any atom is -0.381 e. The summed E-state index contributed by atoms with van der Waals surface area (Å²) >= 11 is 1.58. The SMILES string of the molecule is CC(=O)N1CCN(C2CCCC(NC(=O)c3cc4c(C)nn(C5CCOCC5)c4s3)CCC2)CC1. The van der Waals surface area contributed by atoms with Gasteiger partial charge in [0.25, 0.3) is 5.91 Å². The van der Waals surface area contributed by atoms with Gasteiger partial charge in [-0.25, -0.2) is 0 Å². The van der Waals surface area contributed by atoms with Gasteiger partial charge in [-0.15, -0.1) is 11.3 Å². The van der Waals surface area contributed by atoms with E-state index in [-0.39, 0.29) is 17.9 Å². The molecule has 0 spiro atoms. The van der Waals surface area contributed by atoms with Crippen LogP contribution in [0.3, 0.4) is 0 Å². The highest BCUT2D eigenvalue weighted by Gasteiger charge is 2.27. The van der Waals surface area contributed by atoms with Crippen molar-refractivity contribution in [1.29, 1.82) is 0 Å². The molecule has 1 saturated carbocycles. The molecule has 1 N–H and O–H groups in total. The summed E-state index contributed by atoms with van der Waals surface area (Å²) in [6, 6.07) is 3.25. The van der Waals surface area contributed by atoms with Gasteiger partial charge in [0.05, 0.1) is 16.6 Å². The van der Waals surface area contributed by atoms with E-state index < -0.39 is 0 Å². The number of hydrogen-bond acceptors (Lipinski definition) is 6. The number of thiophene rings is 1. The molecule has 2 saturated heterocycles. The summed E-state index contributed by atoms with van der Waals surface area (Å²) in [5.74, 6) is 0.252. The average Bonchev–Trinajstić information content (AvgIpc) is 3.42. The summed E-state index contributed by atoms with van der Waals surface area (Å²) in [6.07, 6.45) is 8.64. The van der Waals surface area contributed by atoms with Gasteiger partial charge in [0.15, 0.2) is 0 Å². The first-order valence-electron chi connectivity index (χ1n) is 13.4. The predicted octanol–water partition coefficient (Wildman–Crippen LogP) is 3.74. The summed E-state index contributed by atoms with van der Waals surface area (Å²) < 4.78 is 7.66. The Morgan fingerprint density at radius 2 is 1.69 bits per heavy atom. The molecular formula is C26H39N5O3S. The third-order valence-electron chi connectivity index (χ3n) is 8.12. The van der Waals surface area contributed by atoms with Crippen LogP contribution in [0.4, 0.5) is 0 Å². The van der Waals surface area contributed by atoms with Crippen molar-refractivity contribution in [2.45, 2.75) is 83.3 Å². The first-order chi connectivity index (χ1) is 17.0. The Bertz CT molecular complexity index is 1030. The van der Waals surface area contributed by atoms with Crippen LogP contribution in [0, 0.1) is 6.92 Å². The van der Waals surface area contributed by atoms with Gasteiger partial charge in [-0.1, -0.05) is 0 Å². The monoisotopic (exact) mass is 501 g/mol. The minimum atomic E-state index is 0.0617. The fourth-order valence-corrected chi connectivity index (χ4v) is 7.15. The Morgan fingerprint density at radius 1 is 1.00 bits per heavy atom. The van der Waals surface area contributed by atoms with Crippen LogP contribution in [0.15, 0.2) is 6.07 Å². The lowest BCUT2D eigenvalue weighted by molar-refractivity contribution is -0.130. The summed E-state index contributed by atoms with van der Waals surface area (Å²) in [6.45, 7) is 8.94. The summed E-state index contributed by atoms with van der Waals surface area (Å²) in [5, 5.41) is 9.24. The molecular weight excluding hydrogens is 462 g/mol. The van der Waals surface area contributed by atoms with E-state index in [0.717, 1.165) is 98.7 Å². The number of nitrogens with zero attached hydrogens (tertiary/aromatic N) is 4. The molecule has 192 valence electrons. The Balaban J connectivity index is 1.15. The van der Waals surface area contributed by atoms with E-state index in [1.807, 2.05) is 17.9 Å². The zero-order valence-corrected chi connectivity index (χ0v) is 21.9. The number of piperazine rings is 1. The van der Waals surface area contributed by atoms with Gasteiger partial charge in [-0.3, -0.25) is 19.2 Å². The number of ether oxygens (including phenoxy) is 1. The number of aryl methyl sites for hydroxylation is 1. The van der Waals surface area contributed by atoms with Crippen molar-refractivity contribution in [1.82, 2.24) is 24.9 Å². The van der Waals surface area contributed by atoms with Crippen LogP contribution in [0.1, 0.15) is 79.7 Å². The Labute approximate surface area is 212 Å². The second kappa shape index (κ2) is 11.0. The van der Waals surface area contributed by atoms with Crippen LogP contribution in [-0.4, -0.2) is 82.9 Å². The number of carbonyl (C=O) groups excluding carboxylic acids is 2. The largest absolute Gasteiger partial charge is 0.381 e. The molecule has 2 aromatic rings. The van der Waals surface area contributed by atoms with Crippen LogP contribution in [0.2, 0.25) is 0 Å². The fourth-order valence-electron chi connectivity index (χ4n) is 6.02. The van der Waals surface area contributed by atoms with E-state index in [2.05, 4.69) is 14.9 Å². The predicted molar refractivity (Wildman–Crippen MR) is 138 cm³/mol. The van der Waals surface area contributed by atoms with Crippen molar-refractivity contribution in [3.8, 4) is 0 Å². The lowest BCUT2D eigenvalue weighted by Crippen LogP contribution is -2.51. The number of fused-ring (bicyclic) bond motifs is 1. The standard InChI is InChI=1S/C26H39N5O3S/c1-18-23-17-24(35-26(23)31(28-18)22-9-15-34-16-10-22)25(33)27-20-5-3-7-21(8-4-6-20)30-13-11-29(12-14-30)19(2)32/h17,20-22H,3-16H2,1-2H3,(H,27,33). The van der Waals surface area contributed by atoms with Gasteiger partial charge in [-0.2, -0.15) is 5.10 Å². The van der Waals surface area contributed by atoms with E-state index in [1.165, 1.54) is 12.8 Å². The first-order valence-corrected chi connectivity index (χ1v) is 14.2. The highest BCUT2D eigenvalue weighted by atomic mass is 32.1. The van der Waals surface area contributed by atoms with Crippen LogP contribution in [0.25, 0.3) is 10.2 Å². The summed E-state index contributed by atoms with van der Waals surface area (Å²) in [5.41, 5.74) is 1.00. The topological polar surface area (TPSA) is 79.7 Å². The van der Waals surface area contributed by atoms with Crippen molar-refractivity contribution in [2.75, 3.05) is 39.4 Å². The molecule has 0 aromatic carbocycles. The third-order valence-corrected chi connectivity index (χ3v) is 9.24. The van der Waals surface area contributed by atoms with Crippen LogP contribution in [0.5, 0.6) is 0 Å². The number of hydrogen-bond donors (Lipinski definition) is 1. The van der Waals surface area contributed by atoms with E-state index in [9.17, 15) is 9.59 Å². The highest BCUT2D eigenvalue weighted by Crippen LogP contribution is 2.33. The first kappa shape index (κ1) is 24.7. The number of carbonyl (C=O) groups is 2. The average molecular weight is 502 g/mol. The van der Waals surface area contributed by atoms with E-state index in [1.54, 1.807) is 18.3 Å². The van der Waals surface area contributed by atoms with Crippen molar-refractivity contribution in [3.05, 3.63) is 16.6 Å². The maximum absolute atomic E-state index is 13.2. The molecule has 5 rings (SSSR count). The molecule has 2 aliphatic heterocycles. The second-order valence-corrected chi connectivity index (χ2v) is 11.5. The molecule has 2 amide bonds. The Kier molecular flexibility index (Phi) is 7.74. The third kappa shape index (κ3) is 5.57. The van der Waals surface area contributed by atoms with Crippen LogP contribution >= 0.6 is 11.3 Å². The smallest absolute Gasteiger partial charge is 0.261 e. The van der Waals surface area contributed by atoms with Crippen LogP contribution in [-0.2, 0) is 9.53 Å². The Hall–Kier alpha value is -1.97. The van der Waals surface area contributed by atoms with Crippen LogP contribution < -0.4 is 5.32 Å². The molecule has 8 nitrogen and oxygen atoms in total. The van der Waals surface area contributed by atoms with Crippen molar-refractivity contribution in [3.63, 3.8) is 0 Å². The normalized spacial score (nSPS) is 25.4. The van der Waals surface area contributed by atoms with Crippen molar-refractivity contribution < 1.29 is 14.3 Å². The number of aromatic nitrogens is 2. The minimum absolute atomic E-state index is 0.0617. The molecule has 0 unspecified atom stereocenters. The van der Waals surface area contributed by atoms with E-state index in [0.29, 0.717) is 12.1 Å². The molecule has 0 bridgehead atoms. The van der Waals surface area contributed by atoms with E-state index in [4.69, 9.17) is 9.84 Å². The molecule has 3 aliphatic rings. The molecule has 0 radical (unpaired) electrons. The van der Waals surface area contributed by atoms with Gasteiger partial charge in [0.2, 0.25) is 5.91 Å². The summed E-state index contributed by atoms with van der Waals surface area (Å²) in [7, 11) is 0. The maximum atomic E-state index is 13.2. The lowest BCUT2D eigenvalue weighted by Gasteiger charge is -2.40. The van der Waals surface area contributed by atoms with Gasteiger partial charge in [-0.05, 0) is 64.4 Å². The van der Waals surface area contributed by atoms with Gasteiger partial charge in [0, 0.05) is 63.8 Å². The zero-order chi connectivity index (χ0) is 24.4. The molecule has 2 aromatic heterocycles. The lowest BCUT2D eigenvalue weighted by atomic mass is 9.92. The maximum Gasteiger partial charge on any atom is 0.261 e. The quantitative estimate of drug-likeness (QED) is 0.690. The van der Waals surface area contributed by atoms with E-state index >= 15 is 0 Å². The number of nitrogens with one attached hydrogen (secondary N) is 1. The van der Waals surface area contributed by atoms with Gasteiger partial charge < -0.3 is 15.0 Å². The zero-order valence-electron chi connectivity index (χ0n) is 21.1. The van der Waals surface area contributed by atoms with Gasteiger partial charge >= 0.3 is 0 Å². The van der Waals surface area contributed by atoms with Gasteiger partial charge in [0.1, 0.15) is 4.83 Å². The molecule has 4 heterocycles. The molecule has 1 aliphatic carbocycles. The van der Waals surface area contributed by atoms with Crippen molar-refractivity contribution in [2.24, 2.45) is 0 Å². The number of rotatable bonds is 4. The Morgan fingerprint density at radius 3 is 2.34 bits per heavy atom. The molecule has 35 heavy (non-hydrogen) atoms. The molecule has 9 heteroatoms. The van der Waals surface area contributed by atoms with Crippen molar-refractivity contribution >= 4 is 33.4 Å². The highest BCUT2D eigenvalue weighted by molar-refractivity contribution is 7.20. The molecule has 3 fully saturated rings. The summed E-state index contributed by atoms with van der Waals surface area (Å²) in [4.78, 5) is 31.3. The number of amides is 2.